The number of carbonyl (C=O) groups excluding carboxylic acids is 1. The van der Waals surface area contributed by atoms with Gasteiger partial charge in [0.15, 0.2) is 0 Å². The van der Waals surface area contributed by atoms with Crippen LogP contribution >= 0.6 is 7.82 Å². The van der Waals surface area contributed by atoms with Crippen molar-refractivity contribution in [2.24, 2.45) is 0 Å². The highest BCUT2D eigenvalue weighted by Crippen LogP contribution is 2.38. The van der Waals surface area contributed by atoms with E-state index in [0.717, 1.165) is 109 Å². The Hall–Kier alpha value is -3.36. The van der Waals surface area contributed by atoms with Gasteiger partial charge in [-0.15, -0.1) is 0 Å². The van der Waals surface area contributed by atoms with E-state index in [0.29, 0.717) is 17.4 Å². The van der Waals surface area contributed by atoms with Crippen LogP contribution in [0.2, 0.25) is 0 Å². The van der Waals surface area contributed by atoms with Crippen LogP contribution in [0.4, 0.5) is 0 Å². The molecule has 0 rings (SSSR count). The predicted octanol–water partition coefficient (Wildman–Crippen LogP) is 20.0. The van der Waals surface area contributed by atoms with Crippen LogP contribution in [0.1, 0.15) is 258 Å². The topological polar surface area (TPSA) is 108 Å². The number of phosphoric acid groups is 1. The number of hydrogen-bond donors (Lipinski definition) is 2. The Bertz CT molecular complexity index is 1760. The molecule has 0 aliphatic heterocycles. The maximum Gasteiger partial charge on any atom is 0.268 e. The molecule has 8 nitrogen and oxygen atoms in total. The van der Waals surface area contributed by atoms with Gasteiger partial charge < -0.3 is 28.8 Å². The van der Waals surface area contributed by atoms with E-state index in [2.05, 4.69) is 141 Å². The lowest BCUT2D eigenvalue weighted by Crippen LogP contribution is -2.45. The molecule has 2 N–H and O–H groups in total. The summed E-state index contributed by atoms with van der Waals surface area (Å²) < 4.78 is 23.4. The quantitative estimate of drug-likeness (QED) is 0.0272. The van der Waals surface area contributed by atoms with Crippen LogP contribution in [0.25, 0.3) is 0 Å². The van der Waals surface area contributed by atoms with Crippen molar-refractivity contribution in [2.75, 3.05) is 40.9 Å². The van der Waals surface area contributed by atoms with Gasteiger partial charge in [-0.25, -0.2) is 0 Å². The van der Waals surface area contributed by atoms with Crippen molar-refractivity contribution in [1.82, 2.24) is 5.32 Å². The summed E-state index contributed by atoms with van der Waals surface area (Å²) in [6, 6.07) is -0.923. The molecule has 458 valence electrons. The first-order chi connectivity index (χ1) is 39.0. The van der Waals surface area contributed by atoms with E-state index in [1.54, 1.807) is 6.08 Å². The highest BCUT2D eigenvalue weighted by atomic mass is 31.2. The lowest BCUT2D eigenvalue weighted by atomic mass is 10.0. The van der Waals surface area contributed by atoms with E-state index in [-0.39, 0.29) is 12.5 Å². The number of unbranched alkanes of at least 4 members (excludes halogenated alkanes) is 25. The molecule has 0 saturated heterocycles. The molecule has 80 heavy (non-hydrogen) atoms. The molecule has 0 spiro atoms. The Morgan fingerprint density at radius 1 is 0.450 bits per heavy atom. The van der Waals surface area contributed by atoms with Gasteiger partial charge in [-0.2, -0.15) is 0 Å². The van der Waals surface area contributed by atoms with Gasteiger partial charge in [-0.3, -0.25) is 9.36 Å². The number of quaternary nitrogens is 1. The fraction of sp³-hybridized carbons (Fsp3) is 0.676. The normalized spacial score (nSPS) is 14.6. The smallest absolute Gasteiger partial charge is 0.268 e. The molecule has 0 radical (unpaired) electrons. The Labute approximate surface area is 494 Å². The molecule has 0 aromatic rings. The Balaban J connectivity index is 4.22. The lowest BCUT2D eigenvalue weighted by Gasteiger charge is -2.29. The number of aliphatic hydroxyl groups excluding tert-OH is 1. The number of allylic oxidation sites excluding steroid dienone is 21. The fourth-order valence-electron chi connectivity index (χ4n) is 8.79. The average molecular weight is 1130 g/mol. The summed E-state index contributed by atoms with van der Waals surface area (Å²) in [5, 5.41) is 13.9. The number of rotatable bonds is 58. The molecule has 0 aliphatic carbocycles. The number of nitrogens with zero attached hydrogens (tertiary/aromatic N) is 1. The van der Waals surface area contributed by atoms with E-state index in [4.69, 9.17) is 9.05 Å². The monoisotopic (exact) mass is 1130 g/mol. The zero-order valence-corrected chi connectivity index (χ0v) is 53.1. The average Bonchev–Trinajstić information content (AvgIpc) is 3.42. The van der Waals surface area contributed by atoms with E-state index >= 15 is 0 Å². The van der Waals surface area contributed by atoms with E-state index in [1.165, 1.54) is 128 Å². The zero-order valence-electron chi connectivity index (χ0n) is 52.2. The second-order valence-corrected chi connectivity index (χ2v) is 24.1. The van der Waals surface area contributed by atoms with Crippen molar-refractivity contribution < 1.29 is 32.9 Å². The molecular weight excluding hydrogens is 1010 g/mol. The second-order valence-electron chi connectivity index (χ2n) is 22.7. The Morgan fingerprint density at radius 2 is 0.775 bits per heavy atom. The Kier molecular flexibility index (Phi) is 57.7. The van der Waals surface area contributed by atoms with Crippen molar-refractivity contribution in [2.45, 2.75) is 270 Å². The maximum absolute atomic E-state index is 13.0. The van der Waals surface area contributed by atoms with Gasteiger partial charge in [-0.1, -0.05) is 276 Å². The largest absolute Gasteiger partial charge is 0.756 e. The third kappa shape index (κ3) is 62.2. The van der Waals surface area contributed by atoms with Gasteiger partial charge in [0, 0.05) is 6.42 Å². The number of hydrogen-bond acceptors (Lipinski definition) is 6. The highest BCUT2D eigenvalue weighted by Gasteiger charge is 2.23. The van der Waals surface area contributed by atoms with Crippen molar-refractivity contribution in [3.05, 3.63) is 134 Å². The standard InChI is InChI=1S/C71H123N2O6P/c1-6-8-10-12-14-16-18-20-22-24-26-28-30-31-32-33-34-35-36-37-38-39-40-41-43-45-47-49-51-53-55-57-59-61-63-65-71(75)72-69(68-79-80(76,77)78-67-66-73(3,4)5)70(74)64-62-60-58-56-54-52-50-48-46-44-42-29-27-25-23-21-19-17-15-13-11-9-7-2/h8,10,14,16,20,22,26,28,31-32,34-35,37-38,40-41,46,48,54,56,62,64,69-70,74H,6-7,9,11-13,15,17-19,21,23-25,27,29-30,33,36,39,42-45,47,49-53,55,57-61,63,65-68H2,1-5H3,(H-,72,75,76,77)/b10-8-,16-14-,22-20-,28-26-,32-31-,35-34-,38-37-,41-40-,48-46+,56-54+,64-62+. The Morgan fingerprint density at radius 3 is 1.16 bits per heavy atom. The van der Waals surface area contributed by atoms with Gasteiger partial charge >= 0.3 is 0 Å². The number of amides is 1. The summed E-state index contributed by atoms with van der Waals surface area (Å²) in [7, 11) is 1.22. The molecule has 9 heteroatoms. The maximum atomic E-state index is 13.0. The zero-order chi connectivity index (χ0) is 58.4. The number of phosphoric ester groups is 1. The van der Waals surface area contributed by atoms with E-state index < -0.39 is 26.6 Å². The second kappa shape index (κ2) is 60.2. The molecule has 3 unspecified atom stereocenters. The minimum atomic E-state index is -4.62. The molecule has 1 amide bonds. The summed E-state index contributed by atoms with van der Waals surface area (Å²) in [6.45, 7) is 4.50. The van der Waals surface area contributed by atoms with Crippen LogP contribution in [0.3, 0.4) is 0 Å². The van der Waals surface area contributed by atoms with Gasteiger partial charge in [0.1, 0.15) is 13.2 Å². The molecule has 3 atom stereocenters. The first-order valence-electron chi connectivity index (χ1n) is 32.5. The molecular formula is C71H123N2O6P. The van der Waals surface area contributed by atoms with Crippen molar-refractivity contribution in [3.8, 4) is 0 Å². The number of carbonyl (C=O) groups is 1. The molecule has 0 fully saturated rings. The SMILES string of the molecule is CC/C=C\C/C=C\C/C=C\C/C=C\C/C=C\C/C=C\C/C=C\C/C=C\CCCCCCCCCCCCC(=O)NC(COP(=O)([O-])OCC[N+](C)(C)C)C(O)/C=C/CC/C=C/CC/C=C/CCCCCCCCCCCCCCC. The van der Waals surface area contributed by atoms with Crippen LogP contribution in [0.5, 0.6) is 0 Å². The molecule has 0 aliphatic rings. The van der Waals surface area contributed by atoms with Crippen molar-refractivity contribution in [1.29, 1.82) is 0 Å². The van der Waals surface area contributed by atoms with Gasteiger partial charge in [-0.05, 0) is 109 Å². The molecule has 0 aromatic carbocycles. The van der Waals surface area contributed by atoms with Crippen LogP contribution in [0.15, 0.2) is 134 Å². The minimum Gasteiger partial charge on any atom is -0.756 e. The van der Waals surface area contributed by atoms with Crippen LogP contribution in [-0.4, -0.2) is 68.5 Å². The van der Waals surface area contributed by atoms with Gasteiger partial charge in [0.2, 0.25) is 5.91 Å². The summed E-state index contributed by atoms with van der Waals surface area (Å²) in [4.78, 5) is 25.6. The van der Waals surface area contributed by atoms with Gasteiger partial charge in [0.05, 0.1) is 39.9 Å². The molecule has 0 bridgehead atoms. The summed E-state index contributed by atoms with van der Waals surface area (Å²) in [5.41, 5.74) is 0. The van der Waals surface area contributed by atoms with Crippen LogP contribution in [0, 0.1) is 0 Å². The van der Waals surface area contributed by atoms with E-state index in [9.17, 15) is 19.4 Å². The number of likely N-dealkylation sites (N-methyl/N-ethyl adjacent to an activating group) is 1. The lowest BCUT2D eigenvalue weighted by molar-refractivity contribution is -0.870. The summed E-state index contributed by atoms with van der Waals surface area (Å²) in [5.74, 6) is -0.220. The van der Waals surface area contributed by atoms with E-state index in [1.807, 2.05) is 27.2 Å². The predicted molar refractivity (Wildman–Crippen MR) is 348 cm³/mol. The first-order valence-corrected chi connectivity index (χ1v) is 34.0. The highest BCUT2D eigenvalue weighted by molar-refractivity contribution is 7.45. The van der Waals surface area contributed by atoms with Crippen LogP contribution < -0.4 is 10.2 Å². The third-order valence-corrected chi connectivity index (χ3v) is 14.8. The first kappa shape index (κ1) is 76.6. The third-order valence-electron chi connectivity index (χ3n) is 13.8. The van der Waals surface area contributed by atoms with Crippen LogP contribution in [-0.2, 0) is 18.4 Å². The summed E-state index contributed by atoms with van der Waals surface area (Å²) >= 11 is 0. The molecule has 0 heterocycles. The fourth-order valence-corrected chi connectivity index (χ4v) is 9.51. The van der Waals surface area contributed by atoms with Gasteiger partial charge in [0.25, 0.3) is 7.82 Å². The number of aliphatic hydroxyl groups is 1. The molecule has 0 aromatic heterocycles. The van der Waals surface area contributed by atoms with Crippen molar-refractivity contribution in [3.63, 3.8) is 0 Å². The molecule has 0 saturated carbocycles. The van der Waals surface area contributed by atoms with Crippen molar-refractivity contribution >= 4 is 13.7 Å². The number of nitrogens with one attached hydrogen (secondary N) is 1. The summed E-state index contributed by atoms with van der Waals surface area (Å²) in [6.07, 6.45) is 91.2. The minimum absolute atomic E-state index is 0.0162.